The Hall–Kier alpha value is -2.47. The molecule has 0 aromatic heterocycles. The number of allylic oxidation sites excluding steroid dienone is 4. The Morgan fingerprint density at radius 3 is 2.54 bits per heavy atom. The number of hydroxylamine groups is 2. The zero-order valence-corrected chi connectivity index (χ0v) is 16.1. The maximum absolute atomic E-state index is 8.04. The van der Waals surface area contributed by atoms with Gasteiger partial charge in [0.15, 0.2) is 0 Å². The van der Waals surface area contributed by atoms with Crippen LogP contribution in [0.1, 0.15) is 31.4 Å². The number of nitrogens with zero attached hydrogens (tertiary/aromatic N) is 1. The third-order valence-electron chi connectivity index (χ3n) is 5.37. The van der Waals surface area contributed by atoms with Crippen molar-refractivity contribution in [3.05, 3.63) is 59.1 Å². The molecule has 1 aromatic rings. The number of guanidine groups is 1. The monoisotopic (exact) mass is 357 g/mol. The fraction of sp³-hybridized carbons (Fsp3) is 0.450. The van der Waals surface area contributed by atoms with E-state index in [1.165, 1.54) is 5.06 Å². The summed E-state index contributed by atoms with van der Waals surface area (Å²) in [7, 11) is 5.12. The van der Waals surface area contributed by atoms with Crippen molar-refractivity contribution in [2.75, 3.05) is 27.9 Å². The molecule has 2 aliphatic rings. The molecule has 140 valence electrons. The van der Waals surface area contributed by atoms with Crippen LogP contribution < -0.4 is 5.32 Å². The minimum absolute atomic E-state index is 0.245. The van der Waals surface area contributed by atoms with Gasteiger partial charge in [-0.3, -0.25) is 10.2 Å². The summed E-state index contributed by atoms with van der Waals surface area (Å²) in [5.41, 5.74) is 1.42. The summed E-state index contributed by atoms with van der Waals surface area (Å²) in [5, 5.41) is 12.7. The minimum atomic E-state index is -0.471. The van der Waals surface area contributed by atoms with Crippen molar-refractivity contribution in [3.8, 4) is 0 Å². The molecule has 6 heteroatoms. The lowest BCUT2D eigenvalue weighted by atomic mass is 9.73. The number of rotatable bonds is 4. The summed E-state index contributed by atoms with van der Waals surface area (Å²) in [6.07, 6.45) is 4.66. The standard InChI is InChI=1S/C20H27N3O3/c1-19(12-16(24-4)9-10-17(19)25-5)14-7-6-8-15(11-14)20(2)13-26-23(3)18(21)22-20/h6-11H,12-13H2,1-5H3,(H2,21,22). The number of nitrogens with one attached hydrogen (secondary N) is 2. The highest BCUT2D eigenvalue weighted by atomic mass is 16.7. The highest BCUT2D eigenvalue weighted by Gasteiger charge is 2.39. The molecule has 0 amide bonds. The highest BCUT2D eigenvalue weighted by molar-refractivity contribution is 5.77. The Morgan fingerprint density at radius 1 is 1.15 bits per heavy atom. The van der Waals surface area contributed by atoms with Gasteiger partial charge in [-0.25, -0.2) is 5.06 Å². The van der Waals surface area contributed by atoms with Gasteiger partial charge in [0, 0.05) is 13.5 Å². The van der Waals surface area contributed by atoms with Crippen LogP contribution in [-0.2, 0) is 25.3 Å². The van der Waals surface area contributed by atoms with Crippen molar-refractivity contribution < 1.29 is 14.3 Å². The van der Waals surface area contributed by atoms with Crippen molar-refractivity contribution in [1.29, 1.82) is 5.41 Å². The van der Waals surface area contributed by atoms with Gasteiger partial charge in [0.25, 0.3) is 0 Å². The lowest BCUT2D eigenvalue weighted by molar-refractivity contribution is -0.126. The van der Waals surface area contributed by atoms with Crippen LogP contribution in [0, 0.1) is 5.41 Å². The molecule has 1 saturated heterocycles. The molecule has 1 aliphatic carbocycles. The Morgan fingerprint density at radius 2 is 1.88 bits per heavy atom. The molecule has 2 atom stereocenters. The van der Waals surface area contributed by atoms with Crippen molar-refractivity contribution in [2.45, 2.75) is 31.2 Å². The first-order chi connectivity index (χ1) is 12.3. The van der Waals surface area contributed by atoms with Crippen LogP contribution in [0.15, 0.2) is 47.9 Å². The van der Waals surface area contributed by atoms with E-state index >= 15 is 0 Å². The first kappa shape index (κ1) is 18.3. The van der Waals surface area contributed by atoms with Crippen LogP contribution in [0.5, 0.6) is 0 Å². The topological polar surface area (TPSA) is 66.8 Å². The maximum atomic E-state index is 8.04. The SMILES string of the molecule is COC1=CC=C(OC)C(C)(c2cccc(C3(C)CON(C)C(=N)N3)c2)C1. The van der Waals surface area contributed by atoms with Gasteiger partial charge in [-0.05, 0) is 37.1 Å². The Bertz CT molecular complexity index is 773. The summed E-state index contributed by atoms with van der Waals surface area (Å²) in [6, 6.07) is 8.39. The van der Waals surface area contributed by atoms with Crippen molar-refractivity contribution >= 4 is 5.96 Å². The van der Waals surface area contributed by atoms with Gasteiger partial charge in [0.2, 0.25) is 5.96 Å². The van der Waals surface area contributed by atoms with E-state index in [2.05, 4.69) is 30.4 Å². The van der Waals surface area contributed by atoms with Crippen LogP contribution in [0.4, 0.5) is 0 Å². The quantitative estimate of drug-likeness (QED) is 0.867. The molecule has 1 aliphatic heterocycles. The Labute approximate surface area is 154 Å². The number of benzene rings is 1. The fourth-order valence-electron chi connectivity index (χ4n) is 3.55. The predicted octanol–water partition coefficient (Wildman–Crippen LogP) is 3.03. The average molecular weight is 357 g/mol. The number of hydrogen-bond donors (Lipinski definition) is 2. The first-order valence-corrected chi connectivity index (χ1v) is 8.66. The Balaban J connectivity index is 1.98. The van der Waals surface area contributed by atoms with E-state index in [-0.39, 0.29) is 11.4 Å². The zero-order chi connectivity index (χ0) is 18.9. The van der Waals surface area contributed by atoms with Crippen molar-refractivity contribution in [2.24, 2.45) is 0 Å². The molecule has 2 N–H and O–H groups in total. The van der Waals surface area contributed by atoms with Gasteiger partial charge in [0.1, 0.15) is 12.4 Å². The third-order valence-corrected chi connectivity index (χ3v) is 5.37. The smallest absolute Gasteiger partial charge is 0.216 e. The molecule has 0 radical (unpaired) electrons. The molecule has 0 spiro atoms. The molecule has 1 heterocycles. The fourth-order valence-corrected chi connectivity index (χ4v) is 3.55. The van der Waals surface area contributed by atoms with Gasteiger partial charge >= 0.3 is 0 Å². The van der Waals surface area contributed by atoms with Gasteiger partial charge in [-0.15, -0.1) is 0 Å². The second-order valence-corrected chi connectivity index (χ2v) is 7.24. The van der Waals surface area contributed by atoms with E-state index in [4.69, 9.17) is 19.7 Å². The van der Waals surface area contributed by atoms with Gasteiger partial charge < -0.3 is 14.8 Å². The van der Waals surface area contributed by atoms with E-state index in [9.17, 15) is 0 Å². The van der Waals surface area contributed by atoms with Crippen LogP contribution in [0.3, 0.4) is 0 Å². The maximum Gasteiger partial charge on any atom is 0.216 e. The second-order valence-electron chi connectivity index (χ2n) is 7.24. The van der Waals surface area contributed by atoms with E-state index in [1.54, 1.807) is 21.3 Å². The summed E-state index contributed by atoms with van der Waals surface area (Å²) in [6.45, 7) is 4.66. The molecule has 3 rings (SSSR count). The number of methoxy groups -OCH3 is 2. The third kappa shape index (κ3) is 3.05. The lowest BCUT2D eigenvalue weighted by Crippen LogP contribution is -2.57. The minimum Gasteiger partial charge on any atom is -0.501 e. The van der Waals surface area contributed by atoms with E-state index in [1.807, 2.05) is 25.1 Å². The lowest BCUT2D eigenvalue weighted by Gasteiger charge is -2.41. The van der Waals surface area contributed by atoms with Crippen LogP contribution in [-0.4, -0.2) is 38.9 Å². The van der Waals surface area contributed by atoms with Gasteiger partial charge in [-0.1, -0.05) is 24.3 Å². The van der Waals surface area contributed by atoms with Gasteiger partial charge in [0.05, 0.1) is 30.9 Å². The molecule has 0 bridgehead atoms. The Kier molecular flexibility index (Phi) is 4.71. The molecular formula is C20H27N3O3. The largest absolute Gasteiger partial charge is 0.501 e. The van der Waals surface area contributed by atoms with Crippen LogP contribution in [0.25, 0.3) is 0 Å². The summed E-state index contributed by atoms with van der Waals surface area (Å²) < 4.78 is 11.2. The summed E-state index contributed by atoms with van der Waals surface area (Å²) >= 11 is 0. The van der Waals surface area contributed by atoms with E-state index in [0.717, 1.165) is 29.1 Å². The molecule has 6 nitrogen and oxygen atoms in total. The predicted molar refractivity (Wildman–Crippen MR) is 101 cm³/mol. The van der Waals surface area contributed by atoms with Crippen molar-refractivity contribution in [1.82, 2.24) is 10.4 Å². The van der Waals surface area contributed by atoms with E-state index in [0.29, 0.717) is 6.61 Å². The molecule has 1 fully saturated rings. The van der Waals surface area contributed by atoms with Gasteiger partial charge in [-0.2, -0.15) is 0 Å². The normalized spacial score (nSPS) is 28.8. The summed E-state index contributed by atoms with van der Waals surface area (Å²) in [4.78, 5) is 5.63. The molecule has 26 heavy (non-hydrogen) atoms. The number of ether oxygens (including phenoxy) is 2. The highest BCUT2D eigenvalue weighted by Crippen LogP contribution is 2.42. The molecular weight excluding hydrogens is 330 g/mol. The zero-order valence-electron chi connectivity index (χ0n) is 16.1. The molecule has 2 unspecified atom stereocenters. The van der Waals surface area contributed by atoms with Crippen LogP contribution >= 0.6 is 0 Å². The average Bonchev–Trinajstić information content (AvgIpc) is 2.65. The molecule has 0 saturated carbocycles. The van der Waals surface area contributed by atoms with Crippen molar-refractivity contribution in [3.63, 3.8) is 0 Å². The van der Waals surface area contributed by atoms with E-state index < -0.39 is 5.54 Å². The number of hydrogen-bond acceptors (Lipinski definition) is 4. The second kappa shape index (κ2) is 6.68. The first-order valence-electron chi connectivity index (χ1n) is 8.66. The van der Waals surface area contributed by atoms with Crippen LogP contribution in [0.2, 0.25) is 0 Å². The molecule has 1 aromatic carbocycles. The summed E-state index contributed by atoms with van der Waals surface area (Å²) in [5.74, 6) is 2.07.